The van der Waals surface area contributed by atoms with Crippen molar-refractivity contribution in [3.05, 3.63) is 95.3 Å². The highest BCUT2D eigenvalue weighted by Crippen LogP contribution is 2.34. The normalized spacial score (nSPS) is 11.8. The largest absolute Gasteiger partial charge is 0.495 e. The van der Waals surface area contributed by atoms with Gasteiger partial charge in [0.1, 0.15) is 11.4 Å². The monoisotopic (exact) mass is 460 g/mol. The van der Waals surface area contributed by atoms with E-state index in [0.29, 0.717) is 22.0 Å². The first-order valence-corrected chi connectivity index (χ1v) is 11.2. The summed E-state index contributed by atoms with van der Waals surface area (Å²) in [5.41, 5.74) is 3.69. The SMILES string of the molecule is COc1ccc(-c2cc3ccccn3c2C(=O)C(=O)N[C@H](C)CCc2ccccc2)cc1Cl. The zero-order valence-corrected chi connectivity index (χ0v) is 19.3. The molecule has 33 heavy (non-hydrogen) atoms. The number of ether oxygens (including phenoxy) is 1. The van der Waals surface area contributed by atoms with E-state index >= 15 is 0 Å². The van der Waals surface area contributed by atoms with Gasteiger partial charge < -0.3 is 14.5 Å². The van der Waals surface area contributed by atoms with E-state index in [4.69, 9.17) is 16.3 Å². The summed E-state index contributed by atoms with van der Waals surface area (Å²) in [6.45, 7) is 1.91. The molecule has 4 rings (SSSR count). The topological polar surface area (TPSA) is 59.8 Å². The standard InChI is InChI=1S/C27H25ClN2O3/c1-18(11-12-19-8-4-3-5-9-19)29-27(32)26(31)25-22(17-21-10-6-7-15-30(21)25)20-13-14-24(33-2)23(28)16-20/h3-10,13-18H,11-12H2,1-2H3,(H,29,32)/t18-/m1/s1. The number of benzene rings is 2. The van der Waals surface area contributed by atoms with E-state index in [0.717, 1.165) is 23.9 Å². The number of aryl methyl sites for hydroxylation is 1. The van der Waals surface area contributed by atoms with Crippen LogP contribution in [0.3, 0.4) is 0 Å². The van der Waals surface area contributed by atoms with Crippen molar-refractivity contribution in [1.29, 1.82) is 0 Å². The number of aromatic nitrogens is 1. The molecule has 2 heterocycles. The average Bonchev–Trinajstić information content (AvgIpc) is 3.22. The maximum atomic E-state index is 13.3. The number of amides is 1. The number of carbonyl (C=O) groups excluding carboxylic acids is 2. The number of hydrogen-bond donors (Lipinski definition) is 1. The van der Waals surface area contributed by atoms with Gasteiger partial charge >= 0.3 is 0 Å². The molecule has 0 aliphatic rings. The third-order valence-corrected chi connectivity index (χ3v) is 5.95. The number of carbonyl (C=O) groups is 2. The number of Topliss-reactive ketones (excluding diaryl/α,β-unsaturated/α-hetero) is 1. The Labute approximate surface area is 198 Å². The highest BCUT2D eigenvalue weighted by atomic mass is 35.5. The number of ketones is 1. The van der Waals surface area contributed by atoms with E-state index in [1.54, 1.807) is 29.8 Å². The highest BCUT2D eigenvalue weighted by Gasteiger charge is 2.26. The summed E-state index contributed by atoms with van der Waals surface area (Å²) in [6.07, 6.45) is 3.34. The van der Waals surface area contributed by atoms with Gasteiger partial charge in [-0.2, -0.15) is 0 Å². The summed E-state index contributed by atoms with van der Waals surface area (Å²) in [4.78, 5) is 26.3. The molecule has 4 aromatic rings. The molecule has 2 aromatic carbocycles. The van der Waals surface area contributed by atoms with Crippen molar-refractivity contribution in [3.63, 3.8) is 0 Å². The molecule has 5 nitrogen and oxygen atoms in total. The van der Waals surface area contributed by atoms with E-state index in [2.05, 4.69) is 17.4 Å². The summed E-state index contributed by atoms with van der Waals surface area (Å²) in [5.74, 6) is -0.669. The van der Waals surface area contributed by atoms with Gasteiger partial charge in [-0.15, -0.1) is 0 Å². The van der Waals surface area contributed by atoms with E-state index < -0.39 is 11.7 Å². The number of nitrogens with one attached hydrogen (secondary N) is 1. The van der Waals surface area contributed by atoms with Crippen molar-refractivity contribution in [3.8, 4) is 16.9 Å². The van der Waals surface area contributed by atoms with Gasteiger partial charge in [0.2, 0.25) is 0 Å². The number of fused-ring (bicyclic) bond motifs is 1. The van der Waals surface area contributed by atoms with Crippen LogP contribution < -0.4 is 10.1 Å². The van der Waals surface area contributed by atoms with Gasteiger partial charge in [-0.05, 0) is 61.2 Å². The Hall–Kier alpha value is -3.57. The van der Waals surface area contributed by atoms with Gasteiger partial charge in [0.05, 0.1) is 12.1 Å². The molecule has 0 saturated carbocycles. The van der Waals surface area contributed by atoms with Crippen LogP contribution in [0.1, 0.15) is 29.4 Å². The van der Waals surface area contributed by atoms with Crippen LogP contribution in [-0.4, -0.2) is 29.2 Å². The van der Waals surface area contributed by atoms with Crippen LogP contribution in [0.4, 0.5) is 0 Å². The van der Waals surface area contributed by atoms with Crippen molar-refractivity contribution < 1.29 is 14.3 Å². The van der Waals surface area contributed by atoms with Crippen LogP contribution in [-0.2, 0) is 11.2 Å². The molecule has 0 unspecified atom stereocenters. The molecule has 0 saturated heterocycles. The lowest BCUT2D eigenvalue weighted by Crippen LogP contribution is -2.38. The summed E-state index contributed by atoms with van der Waals surface area (Å²) in [5, 5.41) is 3.30. The van der Waals surface area contributed by atoms with Crippen molar-refractivity contribution in [1.82, 2.24) is 9.72 Å². The lowest BCUT2D eigenvalue weighted by Gasteiger charge is -2.14. The van der Waals surface area contributed by atoms with Crippen LogP contribution in [0.2, 0.25) is 5.02 Å². The molecular weight excluding hydrogens is 436 g/mol. The van der Waals surface area contributed by atoms with E-state index in [1.807, 2.05) is 55.5 Å². The molecule has 168 valence electrons. The number of halogens is 1. The van der Waals surface area contributed by atoms with Crippen LogP contribution in [0, 0.1) is 0 Å². The van der Waals surface area contributed by atoms with Gasteiger partial charge in [0.15, 0.2) is 0 Å². The van der Waals surface area contributed by atoms with Crippen LogP contribution in [0.25, 0.3) is 16.6 Å². The summed E-state index contributed by atoms with van der Waals surface area (Å²) < 4.78 is 6.98. The minimum absolute atomic E-state index is 0.147. The number of methoxy groups -OCH3 is 1. The fourth-order valence-electron chi connectivity index (χ4n) is 3.91. The van der Waals surface area contributed by atoms with Gasteiger partial charge in [-0.3, -0.25) is 9.59 Å². The van der Waals surface area contributed by atoms with E-state index in [1.165, 1.54) is 5.56 Å². The van der Waals surface area contributed by atoms with E-state index in [9.17, 15) is 9.59 Å². The molecule has 1 amide bonds. The van der Waals surface area contributed by atoms with Crippen molar-refractivity contribution in [2.45, 2.75) is 25.8 Å². The van der Waals surface area contributed by atoms with Crippen LogP contribution >= 0.6 is 11.6 Å². The molecule has 0 aliphatic carbocycles. The zero-order chi connectivity index (χ0) is 23.4. The Kier molecular flexibility index (Phi) is 6.80. The Bertz CT molecular complexity index is 1300. The third kappa shape index (κ3) is 4.94. The number of nitrogens with zero attached hydrogens (tertiary/aromatic N) is 1. The molecular formula is C27H25ClN2O3. The van der Waals surface area contributed by atoms with Crippen LogP contribution in [0.15, 0.2) is 79.0 Å². The second-order valence-electron chi connectivity index (χ2n) is 7.98. The summed E-state index contributed by atoms with van der Waals surface area (Å²) in [7, 11) is 1.55. The van der Waals surface area contributed by atoms with Crippen molar-refractivity contribution >= 4 is 28.8 Å². The zero-order valence-electron chi connectivity index (χ0n) is 18.5. The Morgan fingerprint density at radius 1 is 1.03 bits per heavy atom. The first-order chi connectivity index (χ1) is 16.0. The van der Waals surface area contributed by atoms with E-state index in [-0.39, 0.29) is 6.04 Å². The number of hydrogen-bond acceptors (Lipinski definition) is 3. The molecule has 6 heteroatoms. The fraction of sp³-hybridized carbons (Fsp3) is 0.185. The first kappa shape index (κ1) is 22.6. The van der Waals surface area contributed by atoms with Gasteiger partial charge in [-0.25, -0.2) is 0 Å². The number of pyridine rings is 1. The lowest BCUT2D eigenvalue weighted by molar-refractivity contribution is -0.117. The van der Waals surface area contributed by atoms with Crippen molar-refractivity contribution in [2.75, 3.05) is 7.11 Å². The summed E-state index contributed by atoms with van der Waals surface area (Å²) >= 11 is 6.33. The molecule has 0 radical (unpaired) electrons. The molecule has 1 atom stereocenters. The number of rotatable bonds is 8. The third-order valence-electron chi connectivity index (χ3n) is 5.65. The maximum Gasteiger partial charge on any atom is 0.294 e. The molecule has 0 fully saturated rings. The second kappa shape index (κ2) is 9.92. The molecule has 0 aliphatic heterocycles. The Morgan fingerprint density at radius 2 is 1.79 bits per heavy atom. The predicted octanol–water partition coefficient (Wildman–Crippen LogP) is 5.59. The average molecular weight is 461 g/mol. The predicted molar refractivity (Wildman–Crippen MR) is 131 cm³/mol. The van der Waals surface area contributed by atoms with Crippen LogP contribution in [0.5, 0.6) is 5.75 Å². The van der Waals surface area contributed by atoms with Gasteiger partial charge in [-0.1, -0.05) is 54.1 Å². The van der Waals surface area contributed by atoms with Gasteiger partial charge in [0, 0.05) is 23.3 Å². The maximum absolute atomic E-state index is 13.3. The molecule has 0 bridgehead atoms. The lowest BCUT2D eigenvalue weighted by atomic mass is 10.0. The minimum atomic E-state index is -0.625. The fourth-order valence-corrected chi connectivity index (χ4v) is 4.16. The highest BCUT2D eigenvalue weighted by molar-refractivity contribution is 6.43. The molecule has 2 aromatic heterocycles. The molecule has 1 N–H and O–H groups in total. The van der Waals surface area contributed by atoms with Gasteiger partial charge in [0.25, 0.3) is 11.7 Å². The summed E-state index contributed by atoms with van der Waals surface area (Å²) in [6, 6.07) is 22.7. The Balaban J connectivity index is 1.60. The second-order valence-corrected chi connectivity index (χ2v) is 8.39. The quantitative estimate of drug-likeness (QED) is 0.275. The van der Waals surface area contributed by atoms with Crippen molar-refractivity contribution in [2.24, 2.45) is 0 Å². The first-order valence-electron chi connectivity index (χ1n) is 10.8. The smallest absolute Gasteiger partial charge is 0.294 e. The Morgan fingerprint density at radius 3 is 2.52 bits per heavy atom. The molecule has 0 spiro atoms. The minimum Gasteiger partial charge on any atom is -0.495 e.